The van der Waals surface area contributed by atoms with Crippen LogP contribution >= 0.6 is 24.0 Å². The largest absolute Gasteiger partial charge is 0.378 e. The minimum Gasteiger partial charge on any atom is -0.378 e. The van der Waals surface area contributed by atoms with Gasteiger partial charge in [0.2, 0.25) is 0 Å². The highest BCUT2D eigenvalue weighted by molar-refractivity contribution is 14.0. The molecule has 1 aromatic carbocycles. The van der Waals surface area contributed by atoms with Gasteiger partial charge in [-0.15, -0.1) is 24.0 Å². The van der Waals surface area contributed by atoms with E-state index in [1.807, 2.05) is 7.05 Å². The van der Waals surface area contributed by atoms with Gasteiger partial charge >= 0.3 is 0 Å². The molecule has 1 aromatic rings. The lowest BCUT2D eigenvalue weighted by molar-refractivity contribution is 0.0411. The zero-order chi connectivity index (χ0) is 20.2. The first kappa shape index (κ1) is 25.2. The fourth-order valence-electron chi connectivity index (χ4n) is 4.40. The molecule has 5 nitrogen and oxygen atoms in total. The lowest BCUT2D eigenvalue weighted by atomic mass is 10.0. The number of piperidine rings is 1. The SMILES string of the molecule is CN=C(NCCCCOC1CCCCCC1)NC1CCN(c2ccccc2)CC1.I. The van der Waals surface area contributed by atoms with Crippen molar-refractivity contribution >= 4 is 35.6 Å². The average Bonchev–Trinajstić information content (AvgIpc) is 3.05. The summed E-state index contributed by atoms with van der Waals surface area (Å²) in [6.45, 7) is 4.04. The van der Waals surface area contributed by atoms with Crippen LogP contribution in [0, 0.1) is 0 Å². The second-order valence-corrected chi connectivity index (χ2v) is 8.43. The average molecular weight is 529 g/mol. The first-order valence-electron chi connectivity index (χ1n) is 11.7. The van der Waals surface area contributed by atoms with E-state index in [0.29, 0.717) is 12.1 Å². The molecule has 0 atom stereocenters. The van der Waals surface area contributed by atoms with Gasteiger partial charge in [-0.1, -0.05) is 43.9 Å². The lowest BCUT2D eigenvalue weighted by Crippen LogP contribution is -2.48. The number of nitrogens with zero attached hydrogens (tertiary/aromatic N) is 2. The maximum Gasteiger partial charge on any atom is 0.191 e. The van der Waals surface area contributed by atoms with Gasteiger partial charge in [-0.25, -0.2) is 0 Å². The van der Waals surface area contributed by atoms with Crippen molar-refractivity contribution in [1.29, 1.82) is 0 Å². The molecule has 1 saturated heterocycles. The van der Waals surface area contributed by atoms with Gasteiger partial charge in [-0.2, -0.15) is 0 Å². The van der Waals surface area contributed by atoms with E-state index in [9.17, 15) is 0 Å². The van der Waals surface area contributed by atoms with E-state index in [-0.39, 0.29) is 24.0 Å². The second-order valence-electron chi connectivity index (χ2n) is 8.43. The summed E-state index contributed by atoms with van der Waals surface area (Å²) in [5.74, 6) is 0.938. The Morgan fingerprint density at radius 2 is 1.70 bits per heavy atom. The van der Waals surface area contributed by atoms with Gasteiger partial charge in [0, 0.05) is 45.0 Å². The predicted molar refractivity (Wildman–Crippen MR) is 138 cm³/mol. The van der Waals surface area contributed by atoms with E-state index in [2.05, 4.69) is 50.9 Å². The third kappa shape index (κ3) is 9.00. The number of rotatable bonds is 8. The summed E-state index contributed by atoms with van der Waals surface area (Å²) in [6, 6.07) is 11.2. The molecular weight excluding hydrogens is 487 g/mol. The van der Waals surface area contributed by atoms with Crippen molar-refractivity contribution in [3.63, 3.8) is 0 Å². The molecule has 0 amide bonds. The van der Waals surface area contributed by atoms with Gasteiger partial charge < -0.3 is 20.3 Å². The zero-order valence-electron chi connectivity index (χ0n) is 18.7. The second kappa shape index (κ2) is 14.9. The summed E-state index contributed by atoms with van der Waals surface area (Å²) < 4.78 is 6.09. The van der Waals surface area contributed by atoms with Crippen LogP contribution in [0.1, 0.15) is 64.2 Å². The number of para-hydroxylation sites is 1. The maximum atomic E-state index is 6.09. The standard InChI is InChI=1S/C24H40N4O.HI/c1-25-24(26-17-9-10-20-29-23-13-7-2-3-8-14-23)27-21-15-18-28(19-16-21)22-11-5-4-6-12-22;/h4-6,11-12,21,23H,2-3,7-10,13-20H2,1H3,(H2,25,26,27);1H. The summed E-state index contributed by atoms with van der Waals surface area (Å²) in [4.78, 5) is 6.89. The van der Waals surface area contributed by atoms with Gasteiger partial charge in [0.25, 0.3) is 0 Å². The van der Waals surface area contributed by atoms with Gasteiger partial charge in [0.05, 0.1) is 6.10 Å². The topological polar surface area (TPSA) is 48.9 Å². The minimum atomic E-state index is 0. The Labute approximate surface area is 200 Å². The van der Waals surface area contributed by atoms with Gasteiger partial charge in [0.1, 0.15) is 0 Å². The molecular formula is C24H41IN4O. The molecule has 0 radical (unpaired) electrons. The summed E-state index contributed by atoms with van der Waals surface area (Å²) >= 11 is 0. The van der Waals surface area contributed by atoms with Crippen LogP contribution in [0.3, 0.4) is 0 Å². The van der Waals surface area contributed by atoms with E-state index in [4.69, 9.17) is 4.74 Å². The third-order valence-corrected chi connectivity index (χ3v) is 6.20. The Bertz CT molecular complexity index is 582. The number of nitrogens with one attached hydrogen (secondary N) is 2. The number of anilines is 1. The Hall–Kier alpha value is -1.02. The number of hydrogen-bond donors (Lipinski definition) is 2. The normalized spacial score (nSPS) is 19.1. The highest BCUT2D eigenvalue weighted by Crippen LogP contribution is 2.20. The van der Waals surface area contributed by atoms with E-state index < -0.39 is 0 Å². The van der Waals surface area contributed by atoms with Gasteiger partial charge in [0.15, 0.2) is 5.96 Å². The fourth-order valence-corrected chi connectivity index (χ4v) is 4.40. The van der Waals surface area contributed by atoms with E-state index in [1.54, 1.807) is 0 Å². The Balaban J connectivity index is 0.00000320. The molecule has 2 aliphatic rings. The quantitative estimate of drug-likeness (QED) is 0.165. The number of aliphatic imine (C=N–C) groups is 1. The van der Waals surface area contributed by atoms with Crippen LogP contribution in [0.5, 0.6) is 0 Å². The highest BCUT2D eigenvalue weighted by Gasteiger charge is 2.20. The number of guanidine groups is 1. The zero-order valence-corrected chi connectivity index (χ0v) is 21.0. The molecule has 30 heavy (non-hydrogen) atoms. The first-order valence-corrected chi connectivity index (χ1v) is 11.7. The fraction of sp³-hybridized carbons (Fsp3) is 0.708. The molecule has 0 bridgehead atoms. The summed E-state index contributed by atoms with van der Waals surface area (Å²) in [5.41, 5.74) is 1.33. The molecule has 0 aromatic heterocycles. The van der Waals surface area contributed by atoms with Crippen LogP contribution in [0.4, 0.5) is 5.69 Å². The van der Waals surface area contributed by atoms with E-state index >= 15 is 0 Å². The van der Waals surface area contributed by atoms with Crippen LogP contribution in [0.15, 0.2) is 35.3 Å². The predicted octanol–water partition coefficient (Wildman–Crippen LogP) is 4.96. The van der Waals surface area contributed by atoms with Crippen LogP contribution in [-0.2, 0) is 4.74 Å². The van der Waals surface area contributed by atoms with Crippen LogP contribution < -0.4 is 15.5 Å². The summed E-state index contributed by atoms with van der Waals surface area (Å²) in [7, 11) is 1.86. The molecule has 2 N–H and O–H groups in total. The van der Waals surface area contributed by atoms with Crippen molar-refractivity contribution in [3.05, 3.63) is 30.3 Å². The van der Waals surface area contributed by atoms with Crippen molar-refractivity contribution in [2.75, 3.05) is 38.2 Å². The van der Waals surface area contributed by atoms with E-state index in [1.165, 1.54) is 44.2 Å². The van der Waals surface area contributed by atoms with Crippen molar-refractivity contribution in [3.8, 4) is 0 Å². The number of benzene rings is 1. The number of hydrogen-bond acceptors (Lipinski definition) is 3. The molecule has 1 aliphatic heterocycles. The molecule has 170 valence electrons. The molecule has 1 heterocycles. The molecule has 3 rings (SSSR count). The third-order valence-electron chi connectivity index (χ3n) is 6.20. The summed E-state index contributed by atoms with van der Waals surface area (Å²) in [5, 5.41) is 7.09. The lowest BCUT2D eigenvalue weighted by Gasteiger charge is -2.34. The van der Waals surface area contributed by atoms with Crippen LogP contribution in [0.25, 0.3) is 0 Å². The molecule has 1 aliphatic carbocycles. The number of unbranched alkanes of at least 4 members (excludes halogenated alkanes) is 1. The molecule has 6 heteroatoms. The van der Waals surface area contributed by atoms with Gasteiger partial charge in [-0.05, 0) is 50.7 Å². The van der Waals surface area contributed by atoms with E-state index in [0.717, 1.165) is 57.9 Å². The monoisotopic (exact) mass is 528 g/mol. The van der Waals surface area contributed by atoms with Crippen molar-refractivity contribution in [1.82, 2.24) is 10.6 Å². The Morgan fingerprint density at radius 1 is 1.00 bits per heavy atom. The minimum absolute atomic E-state index is 0. The molecule has 2 fully saturated rings. The van der Waals surface area contributed by atoms with Gasteiger partial charge in [-0.3, -0.25) is 4.99 Å². The van der Waals surface area contributed by atoms with Crippen molar-refractivity contribution < 1.29 is 4.74 Å². The van der Waals surface area contributed by atoms with Crippen molar-refractivity contribution in [2.45, 2.75) is 76.4 Å². The smallest absolute Gasteiger partial charge is 0.191 e. The van der Waals surface area contributed by atoms with Crippen LogP contribution in [0.2, 0.25) is 0 Å². The Morgan fingerprint density at radius 3 is 2.37 bits per heavy atom. The van der Waals surface area contributed by atoms with Crippen LogP contribution in [-0.4, -0.2) is 51.4 Å². The Kier molecular flexibility index (Phi) is 12.5. The summed E-state index contributed by atoms with van der Waals surface area (Å²) in [6.07, 6.45) is 13.0. The molecule has 0 unspecified atom stereocenters. The highest BCUT2D eigenvalue weighted by atomic mass is 127. The number of halogens is 1. The van der Waals surface area contributed by atoms with Crippen molar-refractivity contribution in [2.24, 2.45) is 4.99 Å². The number of ether oxygens (including phenoxy) is 1. The maximum absolute atomic E-state index is 6.09. The molecule has 0 spiro atoms. The molecule has 1 saturated carbocycles. The first-order chi connectivity index (χ1) is 14.3.